The van der Waals surface area contributed by atoms with Crippen molar-refractivity contribution in [3.8, 4) is 0 Å². The van der Waals surface area contributed by atoms with Crippen LogP contribution in [-0.4, -0.2) is 61.6 Å². The van der Waals surface area contributed by atoms with Crippen LogP contribution in [0, 0.1) is 0 Å². The van der Waals surface area contributed by atoms with E-state index < -0.39 is 5.97 Å². The zero-order chi connectivity index (χ0) is 14.0. The third-order valence-corrected chi connectivity index (χ3v) is 2.22. The summed E-state index contributed by atoms with van der Waals surface area (Å²) in [7, 11) is 3.04. The molecule has 0 radical (unpaired) electrons. The van der Waals surface area contributed by atoms with Crippen LogP contribution in [-0.2, 0) is 19.1 Å². The van der Waals surface area contributed by atoms with Crippen LogP contribution >= 0.6 is 0 Å². The van der Waals surface area contributed by atoms with Gasteiger partial charge in [-0.05, 0) is 6.42 Å². The second-order valence-electron chi connectivity index (χ2n) is 3.84. The molecule has 2 amide bonds. The highest BCUT2D eigenvalue weighted by molar-refractivity contribution is 5.84. The van der Waals surface area contributed by atoms with Crippen molar-refractivity contribution < 1.29 is 24.2 Å². The third-order valence-electron chi connectivity index (χ3n) is 2.22. The Morgan fingerprint density at radius 1 is 1.28 bits per heavy atom. The molecule has 0 heterocycles. The Morgan fingerprint density at radius 2 is 1.94 bits per heavy atom. The summed E-state index contributed by atoms with van der Waals surface area (Å²) < 4.78 is 4.77. The SMILES string of the molecule is COCCNC(=O)CN(C)C(=O)CCCC(=O)O. The average molecular weight is 260 g/mol. The summed E-state index contributed by atoms with van der Waals surface area (Å²) >= 11 is 0. The molecule has 0 bridgehead atoms. The number of likely N-dealkylation sites (N-methyl/N-ethyl adjacent to an activating group) is 1. The van der Waals surface area contributed by atoms with Crippen molar-refractivity contribution in [1.29, 1.82) is 0 Å². The number of nitrogens with zero attached hydrogens (tertiary/aromatic N) is 1. The van der Waals surface area contributed by atoms with Crippen LogP contribution < -0.4 is 5.32 Å². The molecule has 7 heteroatoms. The van der Waals surface area contributed by atoms with Crippen LogP contribution in [0.3, 0.4) is 0 Å². The van der Waals surface area contributed by atoms with Gasteiger partial charge < -0.3 is 20.1 Å². The van der Waals surface area contributed by atoms with Crippen molar-refractivity contribution in [1.82, 2.24) is 10.2 Å². The van der Waals surface area contributed by atoms with Gasteiger partial charge in [0, 0.05) is 33.5 Å². The quantitative estimate of drug-likeness (QED) is 0.543. The predicted molar refractivity (Wildman–Crippen MR) is 64.0 cm³/mol. The Balaban J connectivity index is 3.78. The van der Waals surface area contributed by atoms with Crippen molar-refractivity contribution in [3.63, 3.8) is 0 Å². The van der Waals surface area contributed by atoms with Crippen LogP contribution in [0.2, 0.25) is 0 Å². The molecule has 0 saturated heterocycles. The van der Waals surface area contributed by atoms with Crippen LogP contribution in [0.5, 0.6) is 0 Å². The van der Waals surface area contributed by atoms with Gasteiger partial charge in [0.25, 0.3) is 0 Å². The van der Waals surface area contributed by atoms with Crippen molar-refractivity contribution in [2.75, 3.05) is 33.9 Å². The number of methoxy groups -OCH3 is 1. The van der Waals surface area contributed by atoms with Gasteiger partial charge in [0.1, 0.15) is 0 Å². The number of hydrogen-bond donors (Lipinski definition) is 2. The van der Waals surface area contributed by atoms with E-state index in [1.807, 2.05) is 0 Å². The normalized spacial score (nSPS) is 9.89. The molecular formula is C11H20N2O5. The number of carboxylic acids is 1. The Kier molecular flexibility index (Phi) is 8.55. The monoisotopic (exact) mass is 260 g/mol. The molecule has 0 aromatic rings. The number of aliphatic carboxylic acids is 1. The number of carbonyl (C=O) groups is 3. The van der Waals surface area contributed by atoms with Gasteiger partial charge in [0.15, 0.2) is 0 Å². The first kappa shape index (κ1) is 16.4. The Morgan fingerprint density at radius 3 is 2.50 bits per heavy atom. The number of carboxylic acid groups (broad SMARTS) is 1. The van der Waals surface area contributed by atoms with E-state index in [9.17, 15) is 14.4 Å². The summed E-state index contributed by atoms with van der Waals surface area (Å²) in [5.41, 5.74) is 0. The molecule has 0 atom stereocenters. The molecule has 2 N–H and O–H groups in total. The third kappa shape index (κ3) is 8.51. The Hall–Kier alpha value is -1.63. The molecule has 0 rings (SSSR count). The molecule has 0 aliphatic rings. The van der Waals surface area contributed by atoms with Gasteiger partial charge in [-0.15, -0.1) is 0 Å². The molecule has 0 saturated carbocycles. The summed E-state index contributed by atoms with van der Waals surface area (Å²) in [4.78, 5) is 34.4. The highest BCUT2D eigenvalue weighted by Gasteiger charge is 2.12. The van der Waals surface area contributed by atoms with Gasteiger partial charge in [0.2, 0.25) is 11.8 Å². The van der Waals surface area contributed by atoms with Crippen molar-refractivity contribution >= 4 is 17.8 Å². The highest BCUT2D eigenvalue weighted by Crippen LogP contribution is 1.99. The fraction of sp³-hybridized carbons (Fsp3) is 0.727. The standard InChI is InChI=1S/C11H20N2O5/c1-13(8-9(14)12-6-7-18-2)10(15)4-3-5-11(16)17/h3-8H2,1-2H3,(H,12,14)(H,16,17). The zero-order valence-corrected chi connectivity index (χ0v) is 10.8. The lowest BCUT2D eigenvalue weighted by molar-refractivity contribution is -0.138. The molecule has 0 spiro atoms. The number of nitrogens with one attached hydrogen (secondary N) is 1. The Bertz CT molecular complexity index is 293. The summed E-state index contributed by atoms with van der Waals surface area (Å²) in [6.07, 6.45) is 0.373. The van der Waals surface area contributed by atoms with Crippen LogP contribution in [0.15, 0.2) is 0 Å². The first-order valence-corrected chi connectivity index (χ1v) is 5.68. The van der Waals surface area contributed by atoms with Crippen LogP contribution in [0.4, 0.5) is 0 Å². The fourth-order valence-electron chi connectivity index (χ4n) is 1.23. The maximum absolute atomic E-state index is 11.5. The topological polar surface area (TPSA) is 95.9 Å². The number of carbonyl (C=O) groups excluding carboxylic acids is 2. The molecule has 0 fully saturated rings. The van der Waals surface area contributed by atoms with Gasteiger partial charge in [-0.2, -0.15) is 0 Å². The van der Waals surface area contributed by atoms with Gasteiger partial charge in [0.05, 0.1) is 13.2 Å². The number of hydrogen-bond acceptors (Lipinski definition) is 4. The summed E-state index contributed by atoms with van der Waals surface area (Å²) in [5, 5.41) is 11.0. The van der Waals surface area contributed by atoms with E-state index in [4.69, 9.17) is 9.84 Å². The molecule has 0 aromatic carbocycles. The van der Waals surface area contributed by atoms with Crippen molar-refractivity contribution in [2.24, 2.45) is 0 Å². The largest absolute Gasteiger partial charge is 0.481 e. The van der Waals surface area contributed by atoms with Crippen LogP contribution in [0.25, 0.3) is 0 Å². The van der Waals surface area contributed by atoms with Crippen molar-refractivity contribution in [3.05, 3.63) is 0 Å². The Labute approximate surface area is 106 Å². The van der Waals surface area contributed by atoms with Gasteiger partial charge >= 0.3 is 5.97 Å². The minimum absolute atomic E-state index is 0.0321. The van der Waals surface area contributed by atoms with Gasteiger partial charge in [-0.3, -0.25) is 14.4 Å². The van der Waals surface area contributed by atoms with E-state index in [1.54, 1.807) is 0 Å². The van der Waals surface area contributed by atoms with Gasteiger partial charge in [-0.25, -0.2) is 0 Å². The lowest BCUT2D eigenvalue weighted by Gasteiger charge is -2.16. The first-order chi connectivity index (χ1) is 8.47. The predicted octanol–water partition coefficient (Wildman–Crippen LogP) is -0.538. The lowest BCUT2D eigenvalue weighted by atomic mass is 10.2. The average Bonchev–Trinajstić information content (AvgIpc) is 2.28. The summed E-state index contributed by atoms with van der Waals surface area (Å²) in [6.45, 7) is 0.786. The molecule has 0 aliphatic heterocycles. The summed E-state index contributed by atoms with van der Waals surface area (Å²) in [5.74, 6) is -1.43. The molecule has 0 aromatic heterocycles. The second kappa shape index (κ2) is 9.41. The number of rotatable bonds is 9. The zero-order valence-electron chi connectivity index (χ0n) is 10.8. The minimum Gasteiger partial charge on any atom is -0.481 e. The molecule has 18 heavy (non-hydrogen) atoms. The molecule has 7 nitrogen and oxygen atoms in total. The van der Waals surface area contributed by atoms with Crippen LogP contribution in [0.1, 0.15) is 19.3 Å². The molecular weight excluding hydrogens is 240 g/mol. The van der Waals surface area contributed by atoms with E-state index in [0.717, 1.165) is 0 Å². The number of ether oxygens (including phenoxy) is 1. The van der Waals surface area contributed by atoms with Crippen molar-refractivity contribution in [2.45, 2.75) is 19.3 Å². The molecule has 0 unspecified atom stereocenters. The molecule has 104 valence electrons. The highest BCUT2D eigenvalue weighted by atomic mass is 16.5. The van der Waals surface area contributed by atoms with Gasteiger partial charge in [-0.1, -0.05) is 0 Å². The summed E-state index contributed by atoms with van der Waals surface area (Å²) in [6, 6.07) is 0. The van der Waals surface area contributed by atoms with E-state index >= 15 is 0 Å². The fourth-order valence-corrected chi connectivity index (χ4v) is 1.23. The first-order valence-electron chi connectivity index (χ1n) is 5.68. The smallest absolute Gasteiger partial charge is 0.303 e. The lowest BCUT2D eigenvalue weighted by Crippen LogP contribution is -2.39. The molecule has 0 aliphatic carbocycles. The maximum atomic E-state index is 11.5. The van der Waals surface area contributed by atoms with E-state index in [0.29, 0.717) is 13.2 Å². The minimum atomic E-state index is -0.928. The van der Waals surface area contributed by atoms with E-state index in [-0.39, 0.29) is 37.6 Å². The number of amides is 2. The maximum Gasteiger partial charge on any atom is 0.303 e. The second-order valence-corrected chi connectivity index (χ2v) is 3.84. The van der Waals surface area contributed by atoms with E-state index in [1.165, 1.54) is 19.1 Å². The van der Waals surface area contributed by atoms with E-state index in [2.05, 4.69) is 5.32 Å².